The first-order valence-electron chi connectivity index (χ1n) is 16.5. The highest BCUT2D eigenvalue weighted by atomic mass is 127. The number of carbonyl (C=O) groups is 7. The Balaban J connectivity index is 0.00000541. The number of pyridine rings is 1. The molecular formula is C33H37IN8O9S2. The molecule has 0 bridgehead atoms. The van der Waals surface area contributed by atoms with Crippen molar-refractivity contribution >= 4 is 65.6 Å². The molecular weight excluding hydrogens is 843 g/mol. The average molecular weight is 881 g/mol. The second-order valence-electron chi connectivity index (χ2n) is 12.1. The predicted octanol–water partition coefficient (Wildman–Crippen LogP) is -4.01. The van der Waals surface area contributed by atoms with Crippen molar-refractivity contribution in [1.82, 2.24) is 30.7 Å². The Morgan fingerprint density at radius 1 is 1.06 bits per heavy atom. The molecule has 0 unspecified atom stereocenters. The maximum absolute atomic E-state index is 14.0. The molecule has 53 heavy (non-hydrogen) atoms. The van der Waals surface area contributed by atoms with Crippen LogP contribution in [0.15, 0.2) is 71.0 Å². The quantitative estimate of drug-likeness (QED) is 0.0307. The number of nitrogens with one attached hydrogen (secondary N) is 3. The molecule has 6 rings (SSSR count). The normalized spacial score (nSPS) is 21.9. The van der Waals surface area contributed by atoms with E-state index in [0.29, 0.717) is 23.7 Å². The third-order valence-electron chi connectivity index (χ3n) is 9.07. The van der Waals surface area contributed by atoms with Gasteiger partial charge in [0.1, 0.15) is 17.1 Å². The van der Waals surface area contributed by atoms with Gasteiger partial charge in [0.25, 0.3) is 5.91 Å². The molecule has 0 saturated carbocycles. The SMILES string of the molecule is CCN1CCN(C(=O)N[C@@H](C(=O)N[C@]2(NC=O)C(=O)N3C(C(=O)O)=C(CSc4cc[n+](N5CCOCC5)cc4)CS[C@@H]32)c2ccccc2)C(=O)C1=O.[I-]. The number of β-lactam (4-membered cyclic amide) rings is 1. The number of urea groups is 1. The molecule has 7 amide bonds. The van der Waals surface area contributed by atoms with E-state index in [1.54, 1.807) is 37.3 Å². The maximum Gasteiger partial charge on any atom is 0.352 e. The molecule has 4 aliphatic heterocycles. The summed E-state index contributed by atoms with van der Waals surface area (Å²) in [5, 5.41) is 18.8. The van der Waals surface area contributed by atoms with Gasteiger partial charge in [-0.15, -0.1) is 23.5 Å². The molecule has 17 nitrogen and oxygen atoms in total. The van der Waals surface area contributed by atoms with Crippen molar-refractivity contribution in [3.05, 3.63) is 71.7 Å². The van der Waals surface area contributed by atoms with E-state index in [2.05, 4.69) is 21.0 Å². The molecule has 0 spiro atoms. The molecule has 3 saturated heterocycles. The second kappa shape index (κ2) is 17.2. The van der Waals surface area contributed by atoms with Crippen LogP contribution in [0, 0.1) is 0 Å². The van der Waals surface area contributed by atoms with Crippen LogP contribution >= 0.6 is 23.5 Å². The lowest BCUT2D eigenvalue weighted by Crippen LogP contribution is -3.00. The third-order valence-corrected chi connectivity index (χ3v) is 11.6. The van der Waals surface area contributed by atoms with E-state index < -0.39 is 52.7 Å². The van der Waals surface area contributed by atoms with Gasteiger partial charge >= 0.3 is 23.8 Å². The van der Waals surface area contributed by atoms with Crippen molar-refractivity contribution in [3.63, 3.8) is 0 Å². The van der Waals surface area contributed by atoms with E-state index >= 15 is 0 Å². The molecule has 0 radical (unpaired) electrons. The first-order valence-corrected chi connectivity index (χ1v) is 18.5. The molecule has 2 aromatic rings. The first kappa shape index (κ1) is 39.8. The lowest BCUT2D eigenvalue weighted by Gasteiger charge is -2.56. The van der Waals surface area contributed by atoms with Crippen molar-refractivity contribution in [2.45, 2.75) is 28.9 Å². The van der Waals surface area contributed by atoms with E-state index in [9.17, 15) is 38.7 Å². The number of hydrogen-bond donors (Lipinski definition) is 4. The fourth-order valence-electron chi connectivity index (χ4n) is 6.34. The van der Waals surface area contributed by atoms with Crippen LogP contribution in [0.4, 0.5) is 4.79 Å². The summed E-state index contributed by atoms with van der Waals surface area (Å²) in [4.78, 5) is 94.8. The molecule has 5 heterocycles. The van der Waals surface area contributed by atoms with Gasteiger partial charge in [-0.1, -0.05) is 35.0 Å². The number of carboxylic acid groups (broad SMARTS) is 1. The van der Waals surface area contributed by atoms with Gasteiger partial charge in [0.15, 0.2) is 0 Å². The molecule has 4 N–H and O–H groups in total. The van der Waals surface area contributed by atoms with E-state index in [-0.39, 0.29) is 72.8 Å². The van der Waals surface area contributed by atoms with Gasteiger partial charge in [-0.05, 0) is 18.1 Å². The van der Waals surface area contributed by atoms with Gasteiger partial charge < -0.3 is 54.7 Å². The number of carbonyl (C=O) groups excluding carboxylic acids is 6. The van der Waals surface area contributed by atoms with Crippen LogP contribution in [0.2, 0.25) is 0 Å². The Morgan fingerprint density at radius 2 is 1.75 bits per heavy atom. The van der Waals surface area contributed by atoms with Crippen LogP contribution in [0.3, 0.4) is 0 Å². The number of halogens is 1. The number of nitrogens with zero attached hydrogens (tertiary/aromatic N) is 5. The van der Waals surface area contributed by atoms with Gasteiger partial charge in [0, 0.05) is 48.2 Å². The summed E-state index contributed by atoms with van der Waals surface area (Å²) in [6, 6.07) is 9.36. The molecule has 0 aliphatic carbocycles. The summed E-state index contributed by atoms with van der Waals surface area (Å²) in [5.74, 6) is -4.60. The van der Waals surface area contributed by atoms with Gasteiger partial charge in [0.2, 0.25) is 30.4 Å². The van der Waals surface area contributed by atoms with Gasteiger partial charge in [-0.2, -0.15) is 5.01 Å². The molecule has 3 fully saturated rings. The van der Waals surface area contributed by atoms with Crippen molar-refractivity contribution in [3.8, 4) is 0 Å². The minimum absolute atomic E-state index is 0. The number of ether oxygens (including phenoxy) is 1. The van der Waals surface area contributed by atoms with E-state index in [0.717, 1.165) is 22.9 Å². The molecule has 4 aliphatic rings. The summed E-state index contributed by atoms with van der Waals surface area (Å²) < 4.78 is 7.38. The summed E-state index contributed by atoms with van der Waals surface area (Å²) in [6.07, 6.45) is 4.07. The largest absolute Gasteiger partial charge is 1.00 e. The van der Waals surface area contributed by atoms with Crippen LogP contribution < -0.4 is 49.6 Å². The van der Waals surface area contributed by atoms with Gasteiger partial charge in [-0.3, -0.25) is 33.8 Å². The van der Waals surface area contributed by atoms with Crippen LogP contribution in [-0.4, -0.2) is 130 Å². The Labute approximate surface area is 329 Å². The Morgan fingerprint density at radius 3 is 2.40 bits per heavy atom. The maximum atomic E-state index is 14.0. The van der Waals surface area contributed by atoms with Crippen molar-refractivity contribution in [2.75, 3.05) is 62.5 Å². The third kappa shape index (κ3) is 7.94. The number of hydrogen-bond acceptors (Lipinski definition) is 11. The average Bonchev–Trinajstić information content (AvgIpc) is 3.17. The van der Waals surface area contributed by atoms with Crippen molar-refractivity contribution in [2.24, 2.45) is 0 Å². The van der Waals surface area contributed by atoms with E-state index in [1.807, 2.05) is 29.2 Å². The molecule has 282 valence electrons. The number of benzene rings is 1. The fourth-order valence-corrected chi connectivity index (χ4v) is 8.79. The number of aromatic nitrogens is 1. The lowest BCUT2D eigenvalue weighted by molar-refractivity contribution is -0.695. The number of amides is 7. The molecule has 1 aromatic heterocycles. The Kier molecular flexibility index (Phi) is 12.9. The minimum Gasteiger partial charge on any atom is -1.00 e. The molecule has 3 atom stereocenters. The predicted molar refractivity (Wildman–Crippen MR) is 186 cm³/mol. The van der Waals surface area contributed by atoms with Crippen LogP contribution in [0.5, 0.6) is 0 Å². The van der Waals surface area contributed by atoms with Gasteiger partial charge in [-0.25, -0.2) is 9.59 Å². The zero-order valence-electron chi connectivity index (χ0n) is 28.4. The number of morpholine rings is 1. The number of imide groups is 1. The monoisotopic (exact) mass is 880 g/mol. The summed E-state index contributed by atoms with van der Waals surface area (Å²) in [6.45, 7) is 4.81. The Hall–Kier alpha value is -4.41. The second-order valence-corrected chi connectivity index (χ2v) is 14.2. The van der Waals surface area contributed by atoms with Gasteiger partial charge in [0.05, 0.1) is 26.3 Å². The molecule has 20 heteroatoms. The first-order chi connectivity index (χ1) is 25.1. The highest BCUT2D eigenvalue weighted by molar-refractivity contribution is 8.01. The standard InChI is InChI=1S/C33H36N8O9S2.HI/c1-2-37-12-13-40(28(45)27(37)44)32(49)35-24(21-6-4-3-5-7-21)26(43)36-33(34-20-42)30(48)41-25(29(46)47)22(19-52-31(33)41)18-51-23-8-10-38(11-9-23)39-14-16-50-17-15-39;/h3-11,20,24,31H,2,12-19H2,1H3,(H3-,34,35,36,42,43,46,47,49);1H/t24-,31-,33-;/m1./s1. The number of likely N-dealkylation sites (N-methyl/N-ethyl adjacent to an activating group) is 1. The number of thioether (sulfide) groups is 2. The smallest absolute Gasteiger partial charge is 0.352 e. The number of fused-ring (bicyclic) bond motifs is 1. The summed E-state index contributed by atoms with van der Waals surface area (Å²) in [5.41, 5.74) is -1.52. The van der Waals surface area contributed by atoms with Crippen LogP contribution in [0.25, 0.3) is 0 Å². The topological polar surface area (TPSA) is 202 Å². The summed E-state index contributed by atoms with van der Waals surface area (Å²) in [7, 11) is 0. The highest BCUT2D eigenvalue weighted by Crippen LogP contribution is 2.46. The number of aliphatic carboxylic acids is 1. The van der Waals surface area contributed by atoms with Crippen LogP contribution in [-0.2, 0) is 33.5 Å². The van der Waals surface area contributed by atoms with Crippen molar-refractivity contribution in [1.29, 1.82) is 0 Å². The van der Waals surface area contributed by atoms with E-state index in [1.165, 1.54) is 28.4 Å². The van der Waals surface area contributed by atoms with Crippen LogP contribution in [0.1, 0.15) is 18.5 Å². The Bertz CT molecular complexity index is 1800. The molecule has 1 aromatic carbocycles. The lowest BCUT2D eigenvalue weighted by atomic mass is 9.94. The number of rotatable bonds is 12. The number of carboxylic acids is 1. The zero-order chi connectivity index (χ0) is 37.0. The number of piperazine rings is 1. The fraction of sp³-hybridized carbons (Fsp3) is 0.394. The minimum atomic E-state index is -2.05. The van der Waals surface area contributed by atoms with E-state index in [4.69, 9.17) is 4.74 Å². The highest BCUT2D eigenvalue weighted by Gasteiger charge is 2.66. The zero-order valence-corrected chi connectivity index (χ0v) is 32.2. The summed E-state index contributed by atoms with van der Waals surface area (Å²) >= 11 is 2.58. The van der Waals surface area contributed by atoms with Crippen molar-refractivity contribution < 1.29 is 72.1 Å².